The van der Waals surface area contributed by atoms with Crippen LogP contribution in [0.3, 0.4) is 0 Å². The molecule has 1 aromatic carbocycles. The standard InChI is InChI=1S/C18H18Cl2N4O3/c1-4-24-10(3)14(17(25)21-13-8-9(2)27-23-13)16(22-18(24)26)11-6-5-7-12(19)15(11)20/h5-8,16H,4H2,1-3H3,(H,22,26)(H,21,23,25)/t16-/m0/s1. The first-order valence-electron chi connectivity index (χ1n) is 8.30. The van der Waals surface area contributed by atoms with Gasteiger partial charge in [-0.2, -0.15) is 0 Å². The second kappa shape index (κ2) is 7.62. The van der Waals surface area contributed by atoms with Gasteiger partial charge < -0.3 is 15.2 Å². The Morgan fingerprint density at radius 3 is 2.74 bits per heavy atom. The van der Waals surface area contributed by atoms with Crippen LogP contribution < -0.4 is 10.6 Å². The fourth-order valence-electron chi connectivity index (χ4n) is 3.04. The van der Waals surface area contributed by atoms with Crippen molar-refractivity contribution in [1.29, 1.82) is 0 Å². The van der Waals surface area contributed by atoms with Gasteiger partial charge in [0.2, 0.25) is 0 Å². The molecule has 0 radical (unpaired) electrons. The highest BCUT2D eigenvalue weighted by Gasteiger charge is 2.36. The van der Waals surface area contributed by atoms with Crippen LogP contribution in [0.2, 0.25) is 10.0 Å². The van der Waals surface area contributed by atoms with Crippen LogP contribution in [0.5, 0.6) is 0 Å². The SMILES string of the molecule is CCN1C(=O)N[C@@H](c2cccc(Cl)c2Cl)C(C(=O)Nc2cc(C)on2)=C1C. The number of halogens is 2. The Labute approximate surface area is 166 Å². The first-order chi connectivity index (χ1) is 12.8. The highest BCUT2D eigenvalue weighted by Crippen LogP contribution is 2.37. The van der Waals surface area contributed by atoms with Gasteiger partial charge in [0.15, 0.2) is 5.82 Å². The van der Waals surface area contributed by atoms with Crippen molar-refractivity contribution in [3.8, 4) is 0 Å². The molecule has 2 aromatic rings. The summed E-state index contributed by atoms with van der Waals surface area (Å²) in [5.41, 5.74) is 1.41. The van der Waals surface area contributed by atoms with E-state index in [1.54, 1.807) is 38.1 Å². The molecule has 0 saturated heterocycles. The van der Waals surface area contributed by atoms with E-state index < -0.39 is 11.9 Å². The minimum Gasteiger partial charge on any atom is -0.360 e. The zero-order chi connectivity index (χ0) is 19.7. The number of carbonyl (C=O) groups is 2. The predicted molar refractivity (Wildman–Crippen MR) is 103 cm³/mol. The highest BCUT2D eigenvalue weighted by molar-refractivity contribution is 6.42. The van der Waals surface area contributed by atoms with Gasteiger partial charge in [-0.1, -0.05) is 40.5 Å². The minimum atomic E-state index is -0.750. The summed E-state index contributed by atoms with van der Waals surface area (Å²) in [6.07, 6.45) is 0. The summed E-state index contributed by atoms with van der Waals surface area (Å²) in [6.45, 7) is 5.68. The first kappa shape index (κ1) is 19.3. The molecule has 1 aliphatic heterocycles. The lowest BCUT2D eigenvalue weighted by molar-refractivity contribution is -0.113. The number of hydrogen-bond donors (Lipinski definition) is 2. The molecule has 2 heterocycles. The predicted octanol–water partition coefficient (Wildman–Crippen LogP) is 4.29. The van der Waals surface area contributed by atoms with Gasteiger partial charge in [-0.15, -0.1) is 0 Å². The van der Waals surface area contributed by atoms with E-state index in [0.717, 1.165) is 0 Å². The number of nitrogens with zero attached hydrogens (tertiary/aromatic N) is 2. The molecular formula is C18H18Cl2N4O3. The van der Waals surface area contributed by atoms with Gasteiger partial charge in [-0.05, 0) is 32.4 Å². The van der Waals surface area contributed by atoms with Crippen LogP contribution >= 0.6 is 23.2 Å². The number of carbonyl (C=O) groups excluding carboxylic acids is 2. The summed E-state index contributed by atoms with van der Waals surface area (Å²) in [5, 5.41) is 9.94. The molecule has 0 fully saturated rings. The van der Waals surface area contributed by atoms with E-state index in [4.69, 9.17) is 27.7 Å². The fourth-order valence-corrected chi connectivity index (χ4v) is 3.46. The Hall–Kier alpha value is -2.51. The largest absolute Gasteiger partial charge is 0.360 e. The average Bonchev–Trinajstić information content (AvgIpc) is 3.01. The number of urea groups is 1. The zero-order valence-corrected chi connectivity index (χ0v) is 16.5. The van der Waals surface area contributed by atoms with Crippen LogP contribution in [0.1, 0.15) is 31.2 Å². The summed E-state index contributed by atoms with van der Waals surface area (Å²) >= 11 is 12.5. The van der Waals surface area contributed by atoms with Crippen molar-refractivity contribution in [2.24, 2.45) is 0 Å². The Balaban J connectivity index is 2.07. The van der Waals surface area contributed by atoms with Crippen LogP contribution in [0.25, 0.3) is 0 Å². The molecule has 0 bridgehead atoms. The van der Waals surface area contributed by atoms with Crippen LogP contribution in [-0.2, 0) is 4.79 Å². The summed E-state index contributed by atoms with van der Waals surface area (Å²) in [5.74, 6) is 0.437. The van der Waals surface area contributed by atoms with E-state index >= 15 is 0 Å². The van der Waals surface area contributed by atoms with Crippen LogP contribution in [-0.4, -0.2) is 28.5 Å². The molecule has 0 saturated carbocycles. The molecule has 0 aliphatic carbocycles. The molecule has 2 N–H and O–H groups in total. The van der Waals surface area contributed by atoms with Gasteiger partial charge >= 0.3 is 6.03 Å². The molecule has 0 spiro atoms. The van der Waals surface area contributed by atoms with Crippen molar-refractivity contribution in [2.45, 2.75) is 26.8 Å². The third-order valence-corrected chi connectivity index (χ3v) is 5.15. The maximum Gasteiger partial charge on any atom is 0.322 e. The van der Waals surface area contributed by atoms with Crippen molar-refractivity contribution >= 4 is 41.0 Å². The van der Waals surface area contributed by atoms with Gasteiger partial charge in [-0.3, -0.25) is 9.69 Å². The minimum absolute atomic E-state index is 0.282. The number of rotatable bonds is 4. The summed E-state index contributed by atoms with van der Waals surface area (Å²) in [6, 6.07) is 5.62. The van der Waals surface area contributed by atoms with Gasteiger partial charge in [0.05, 0.1) is 21.7 Å². The molecule has 27 heavy (non-hydrogen) atoms. The molecule has 9 heteroatoms. The molecule has 7 nitrogen and oxygen atoms in total. The van der Waals surface area contributed by atoms with Gasteiger partial charge in [0, 0.05) is 18.3 Å². The van der Waals surface area contributed by atoms with Crippen LogP contribution in [0.15, 0.2) is 40.1 Å². The number of aryl methyl sites for hydroxylation is 1. The van der Waals surface area contributed by atoms with E-state index in [1.807, 2.05) is 6.92 Å². The number of amides is 3. The summed E-state index contributed by atoms with van der Waals surface area (Å²) < 4.78 is 4.99. The molecule has 3 amide bonds. The molecule has 1 aliphatic rings. The van der Waals surface area contributed by atoms with Crippen molar-refractivity contribution in [1.82, 2.24) is 15.4 Å². The first-order valence-corrected chi connectivity index (χ1v) is 9.06. The number of benzene rings is 1. The smallest absolute Gasteiger partial charge is 0.322 e. The number of nitrogens with one attached hydrogen (secondary N) is 2. The van der Waals surface area contributed by atoms with E-state index in [-0.39, 0.29) is 16.9 Å². The summed E-state index contributed by atoms with van der Waals surface area (Å²) in [7, 11) is 0. The lowest BCUT2D eigenvalue weighted by Crippen LogP contribution is -2.48. The second-order valence-corrected chi connectivity index (χ2v) is 6.83. The normalized spacial score (nSPS) is 17.1. The van der Waals surface area contributed by atoms with Crippen molar-refractivity contribution in [3.05, 3.63) is 56.9 Å². The summed E-state index contributed by atoms with van der Waals surface area (Å²) in [4.78, 5) is 27.0. The van der Waals surface area contributed by atoms with Gasteiger partial charge in [0.1, 0.15) is 5.76 Å². The van der Waals surface area contributed by atoms with Crippen molar-refractivity contribution < 1.29 is 14.1 Å². The maximum atomic E-state index is 13.0. The molecule has 0 unspecified atom stereocenters. The number of anilines is 1. The van der Waals surface area contributed by atoms with E-state index in [0.29, 0.717) is 34.2 Å². The quantitative estimate of drug-likeness (QED) is 0.789. The third-order valence-electron chi connectivity index (χ3n) is 4.32. The van der Waals surface area contributed by atoms with Crippen molar-refractivity contribution in [2.75, 3.05) is 11.9 Å². The Morgan fingerprint density at radius 2 is 2.11 bits per heavy atom. The Bertz CT molecular complexity index is 938. The van der Waals surface area contributed by atoms with E-state index in [9.17, 15) is 9.59 Å². The van der Waals surface area contributed by atoms with Gasteiger partial charge in [-0.25, -0.2) is 4.79 Å². The monoisotopic (exact) mass is 408 g/mol. The molecule has 1 aromatic heterocycles. The maximum absolute atomic E-state index is 13.0. The zero-order valence-electron chi connectivity index (χ0n) is 15.0. The van der Waals surface area contributed by atoms with Crippen LogP contribution in [0, 0.1) is 6.92 Å². The highest BCUT2D eigenvalue weighted by atomic mass is 35.5. The Kier molecular flexibility index (Phi) is 5.43. The molecule has 1 atom stereocenters. The Morgan fingerprint density at radius 1 is 1.37 bits per heavy atom. The number of allylic oxidation sites excluding steroid dienone is 1. The van der Waals surface area contributed by atoms with Gasteiger partial charge in [0.25, 0.3) is 5.91 Å². The second-order valence-electron chi connectivity index (χ2n) is 6.05. The van der Waals surface area contributed by atoms with E-state index in [1.165, 1.54) is 4.90 Å². The molecular weight excluding hydrogens is 391 g/mol. The van der Waals surface area contributed by atoms with Crippen molar-refractivity contribution in [3.63, 3.8) is 0 Å². The topological polar surface area (TPSA) is 87.5 Å². The van der Waals surface area contributed by atoms with E-state index in [2.05, 4.69) is 15.8 Å². The molecule has 142 valence electrons. The molecule has 3 rings (SSSR count). The average molecular weight is 409 g/mol. The fraction of sp³-hybridized carbons (Fsp3) is 0.278. The lowest BCUT2D eigenvalue weighted by atomic mass is 9.94. The number of hydrogen-bond acceptors (Lipinski definition) is 4. The third kappa shape index (κ3) is 3.65. The lowest BCUT2D eigenvalue weighted by Gasteiger charge is -2.35. The number of aromatic nitrogens is 1. The van der Waals surface area contributed by atoms with Crippen LogP contribution in [0.4, 0.5) is 10.6 Å².